The Morgan fingerprint density at radius 1 is 1.21 bits per heavy atom. The number of ether oxygens (including phenoxy) is 1. The van der Waals surface area contributed by atoms with Crippen molar-refractivity contribution in [1.82, 2.24) is 9.80 Å². The maximum atomic E-state index is 12.8. The Hall–Kier alpha value is -1.90. The fraction of sp³-hybridized carbons (Fsp3) is 0.500. The molecule has 1 aromatic carbocycles. The van der Waals surface area contributed by atoms with Crippen LogP contribution in [0.4, 0.5) is 0 Å². The summed E-state index contributed by atoms with van der Waals surface area (Å²) in [5, 5.41) is 0.476. The highest BCUT2D eigenvalue weighted by Gasteiger charge is 2.35. The summed E-state index contributed by atoms with van der Waals surface area (Å²) in [6.07, 6.45) is 2.11. The van der Waals surface area contributed by atoms with Gasteiger partial charge in [-0.05, 0) is 43.9 Å². The van der Waals surface area contributed by atoms with Crippen molar-refractivity contribution >= 4 is 38.3 Å². The molecule has 1 atom stereocenters. The summed E-state index contributed by atoms with van der Waals surface area (Å²) in [6, 6.07) is 6.80. The molecular formula is C20H24ClN3O4S. The summed E-state index contributed by atoms with van der Waals surface area (Å²) >= 11 is 6.06. The van der Waals surface area contributed by atoms with Gasteiger partial charge in [0.1, 0.15) is 16.8 Å². The Morgan fingerprint density at radius 3 is 2.76 bits per heavy atom. The molecule has 1 amide bonds. The van der Waals surface area contributed by atoms with Crippen LogP contribution < -0.4 is 0 Å². The molecule has 29 heavy (non-hydrogen) atoms. The summed E-state index contributed by atoms with van der Waals surface area (Å²) in [5.74, 6) is 0.503. The van der Waals surface area contributed by atoms with Gasteiger partial charge in [-0.15, -0.1) is 4.40 Å². The Bertz CT molecular complexity index is 983. The van der Waals surface area contributed by atoms with Crippen molar-refractivity contribution in [3.05, 3.63) is 40.4 Å². The van der Waals surface area contributed by atoms with Gasteiger partial charge in [-0.3, -0.25) is 4.79 Å². The largest absolute Gasteiger partial charge is 0.368 e. The number of hydrogen-bond acceptors (Lipinski definition) is 5. The normalized spacial score (nSPS) is 24.6. The van der Waals surface area contributed by atoms with Crippen molar-refractivity contribution in [1.29, 1.82) is 0 Å². The number of benzene rings is 1. The lowest BCUT2D eigenvalue weighted by molar-refractivity contribution is -0.140. The summed E-state index contributed by atoms with van der Waals surface area (Å²) in [6.45, 7) is 4.76. The second-order valence-corrected chi connectivity index (χ2v) is 9.50. The minimum atomic E-state index is -3.79. The fourth-order valence-electron chi connectivity index (χ4n) is 4.14. The molecule has 1 aromatic rings. The minimum absolute atomic E-state index is 0.0391. The number of sulfonamides is 1. The zero-order valence-electron chi connectivity index (χ0n) is 16.3. The number of amidine groups is 1. The lowest BCUT2D eigenvalue weighted by Crippen LogP contribution is -2.41. The third kappa shape index (κ3) is 4.06. The number of rotatable bonds is 2. The first-order valence-corrected chi connectivity index (χ1v) is 11.7. The molecule has 156 valence electrons. The van der Waals surface area contributed by atoms with Gasteiger partial charge in [-0.25, -0.2) is 0 Å². The van der Waals surface area contributed by atoms with Crippen LogP contribution in [0.3, 0.4) is 0 Å². The molecule has 4 rings (SSSR count). The lowest BCUT2D eigenvalue weighted by atomic mass is 10.1. The van der Waals surface area contributed by atoms with E-state index in [9.17, 15) is 13.2 Å². The standard InChI is InChI=1S/C20H24ClN3O4S/c1-14-18(15-5-2-6-16(21)13-15)29(26,27)22-19(14)23-8-4-9-24(11-10-23)20(25)17-7-3-12-28-17/h2,5-6,13,17H,3-4,7-12H2,1H3/t17-/m1/s1. The van der Waals surface area contributed by atoms with E-state index in [2.05, 4.69) is 4.40 Å². The first kappa shape index (κ1) is 20.4. The van der Waals surface area contributed by atoms with E-state index in [4.69, 9.17) is 16.3 Å². The molecule has 3 heterocycles. The summed E-state index contributed by atoms with van der Waals surface area (Å²) in [7, 11) is -3.79. The van der Waals surface area contributed by atoms with Crippen LogP contribution in [0.15, 0.2) is 34.2 Å². The summed E-state index contributed by atoms with van der Waals surface area (Å²) in [4.78, 5) is 16.6. The lowest BCUT2D eigenvalue weighted by Gasteiger charge is -2.25. The maximum absolute atomic E-state index is 12.8. The van der Waals surface area contributed by atoms with Crippen LogP contribution in [-0.2, 0) is 19.6 Å². The highest BCUT2D eigenvalue weighted by atomic mass is 35.5. The van der Waals surface area contributed by atoms with Crippen LogP contribution in [0.1, 0.15) is 31.7 Å². The molecule has 0 aliphatic carbocycles. The van der Waals surface area contributed by atoms with Crippen molar-refractivity contribution in [2.75, 3.05) is 32.8 Å². The first-order chi connectivity index (χ1) is 13.9. The van der Waals surface area contributed by atoms with E-state index >= 15 is 0 Å². The first-order valence-electron chi connectivity index (χ1n) is 9.84. The predicted molar refractivity (Wildman–Crippen MR) is 112 cm³/mol. The monoisotopic (exact) mass is 437 g/mol. The van der Waals surface area contributed by atoms with Crippen molar-refractivity contribution in [2.45, 2.75) is 32.3 Å². The number of carbonyl (C=O) groups excluding carboxylic acids is 1. The van der Waals surface area contributed by atoms with E-state index in [0.717, 1.165) is 19.3 Å². The number of hydrogen-bond donors (Lipinski definition) is 0. The highest BCUT2D eigenvalue weighted by molar-refractivity contribution is 8.00. The molecule has 0 aromatic heterocycles. The molecule has 0 radical (unpaired) electrons. The number of nitrogens with zero attached hydrogens (tertiary/aromatic N) is 3. The molecule has 0 bridgehead atoms. The molecular weight excluding hydrogens is 414 g/mol. The van der Waals surface area contributed by atoms with E-state index < -0.39 is 10.0 Å². The zero-order valence-corrected chi connectivity index (χ0v) is 17.9. The van der Waals surface area contributed by atoms with E-state index in [1.54, 1.807) is 31.2 Å². The Balaban J connectivity index is 1.54. The average Bonchev–Trinajstić information content (AvgIpc) is 3.20. The SMILES string of the molecule is CC1=C(c2cccc(Cl)c2)S(=O)(=O)N=C1N1CCCN(C(=O)[C@H]2CCCO2)CC1. The molecule has 3 aliphatic heterocycles. The van der Waals surface area contributed by atoms with Crippen molar-refractivity contribution in [3.8, 4) is 0 Å². The van der Waals surface area contributed by atoms with Gasteiger partial charge in [0.05, 0.1) is 0 Å². The Kier molecular flexibility index (Phi) is 5.68. The van der Waals surface area contributed by atoms with E-state index in [-0.39, 0.29) is 16.9 Å². The van der Waals surface area contributed by atoms with E-state index in [0.29, 0.717) is 54.8 Å². The van der Waals surface area contributed by atoms with Gasteiger partial charge in [-0.1, -0.05) is 23.7 Å². The summed E-state index contributed by atoms with van der Waals surface area (Å²) < 4.78 is 35.1. The van der Waals surface area contributed by atoms with Crippen LogP contribution in [0, 0.1) is 0 Å². The summed E-state index contributed by atoms with van der Waals surface area (Å²) in [5.41, 5.74) is 1.16. The van der Waals surface area contributed by atoms with Crippen molar-refractivity contribution in [3.63, 3.8) is 0 Å². The fourth-order valence-corrected chi connectivity index (χ4v) is 5.80. The van der Waals surface area contributed by atoms with Gasteiger partial charge in [0.15, 0.2) is 0 Å². The molecule has 3 aliphatic rings. The number of carbonyl (C=O) groups is 1. The third-order valence-corrected chi connectivity index (χ3v) is 7.25. The quantitative estimate of drug-likeness (QED) is 0.710. The van der Waals surface area contributed by atoms with Gasteiger partial charge >= 0.3 is 0 Å². The second-order valence-electron chi connectivity index (χ2n) is 7.52. The molecule has 0 saturated carbocycles. The van der Waals surface area contributed by atoms with Gasteiger partial charge < -0.3 is 14.5 Å². The predicted octanol–water partition coefficient (Wildman–Crippen LogP) is 2.53. The molecule has 0 N–H and O–H groups in total. The van der Waals surface area contributed by atoms with Crippen LogP contribution in [-0.4, -0.2) is 68.9 Å². The van der Waals surface area contributed by atoms with E-state index in [1.807, 2.05) is 9.80 Å². The van der Waals surface area contributed by atoms with E-state index in [1.165, 1.54) is 0 Å². The third-order valence-electron chi connectivity index (χ3n) is 5.54. The highest BCUT2D eigenvalue weighted by Crippen LogP contribution is 2.34. The average molecular weight is 438 g/mol. The minimum Gasteiger partial charge on any atom is -0.368 e. The van der Waals surface area contributed by atoms with Gasteiger partial charge in [0.25, 0.3) is 15.9 Å². The van der Waals surface area contributed by atoms with Gasteiger partial charge in [-0.2, -0.15) is 8.42 Å². The smallest absolute Gasteiger partial charge is 0.285 e. The van der Waals surface area contributed by atoms with Crippen molar-refractivity contribution in [2.24, 2.45) is 4.40 Å². The second kappa shape index (κ2) is 8.08. The maximum Gasteiger partial charge on any atom is 0.285 e. The molecule has 9 heteroatoms. The molecule has 0 spiro atoms. The zero-order chi connectivity index (χ0) is 20.6. The number of halogens is 1. The molecule has 2 saturated heterocycles. The Morgan fingerprint density at radius 2 is 2.03 bits per heavy atom. The van der Waals surface area contributed by atoms with Gasteiger partial charge in [0, 0.05) is 43.4 Å². The molecule has 0 unspecified atom stereocenters. The van der Waals surface area contributed by atoms with Crippen LogP contribution in [0.5, 0.6) is 0 Å². The Labute approximate surface area is 176 Å². The molecule has 7 nitrogen and oxygen atoms in total. The number of amides is 1. The molecule has 2 fully saturated rings. The van der Waals surface area contributed by atoms with Crippen LogP contribution in [0.25, 0.3) is 4.91 Å². The van der Waals surface area contributed by atoms with Gasteiger partial charge in [0.2, 0.25) is 0 Å². The van der Waals surface area contributed by atoms with Crippen LogP contribution >= 0.6 is 11.6 Å². The van der Waals surface area contributed by atoms with Crippen LogP contribution in [0.2, 0.25) is 5.02 Å². The van der Waals surface area contributed by atoms with Crippen molar-refractivity contribution < 1.29 is 17.9 Å². The topological polar surface area (TPSA) is 79.3 Å².